The first-order valence-electron chi connectivity index (χ1n) is 6.19. The molecule has 1 amide bonds. The van der Waals surface area contributed by atoms with Gasteiger partial charge in [-0.25, -0.2) is 4.79 Å². The highest BCUT2D eigenvalue weighted by Crippen LogP contribution is 2.25. The number of hydrogen-bond donors (Lipinski definition) is 3. The van der Waals surface area contributed by atoms with E-state index >= 15 is 0 Å². The third-order valence-electron chi connectivity index (χ3n) is 3.16. The molecule has 5 heteroatoms. The largest absolute Gasteiger partial charge is 0.506 e. The predicted molar refractivity (Wildman–Crippen MR) is 68.9 cm³/mol. The van der Waals surface area contributed by atoms with E-state index in [-0.39, 0.29) is 11.4 Å². The van der Waals surface area contributed by atoms with Gasteiger partial charge in [-0.3, -0.25) is 10.2 Å². The Kier molecular flexibility index (Phi) is 4.04. The van der Waals surface area contributed by atoms with Crippen molar-refractivity contribution in [3.05, 3.63) is 23.8 Å². The molecule has 1 heterocycles. The van der Waals surface area contributed by atoms with Crippen LogP contribution in [0, 0.1) is 0 Å². The minimum Gasteiger partial charge on any atom is -0.506 e. The topological polar surface area (TPSA) is 72.8 Å². The number of carboxylic acid groups (broad SMARTS) is 1. The second kappa shape index (κ2) is 5.73. The summed E-state index contributed by atoms with van der Waals surface area (Å²) in [6.45, 7) is 2.97. The molecule has 2 rings (SSSR count). The first kappa shape index (κ1) is 12.7. The molecule has 0 atom stereocenters. The number of anilines is 1. The fourth-order valence-corrected chi connectivity index (χ4v) is 2.27. The Balaban J connectivity index is 2.05. The molecule has 18 heavy (non-hydrogen) atoms. The molecule has 0 aliphatic carbocycles. The summed E-state index contributed by atoms with van der Waals surface area (Å²) in [5, 5.41) is 20.4. The molecule has 1 aromatic carbocycles. The monoisotopic (exact) mass is 250 g/mol. The summed E-state index contributed by atoms with van der Waals surface area (Å²) in [7, 11) is 0. The molecule has 0 radical (unpaired) electrons. The van der Waals surface area contributed by atoms with Crippen LogP contribution in [0.4, 0.5) is 10.5 Å². The summed E-state index contributed by atoms with van der Waals surface area (Å²) in [5.41, 5.74) is 1.26. The van der Waals surface area contributed by atoms with E-state index in [1.807, 2.05) is 6.07 Å². The molecule has 1 aromatic rings. The molecule has 1 aliphatic rings. The van der Waals surface area contributed by atoms with Crippen molar-refractivity contribution >= 4 is 11.8 Å². The summed E-state index contributed by atoms with van der Waals surface area (Å²) in [5.74, 6) is -0.0419. The number of phenolic OH excluding ortho intramolecular Hbond substituents is 1. The number of piperidine rings is 1. The van der Waals surface area contributed by atoms with Gasteiger partial charge in [0.15, 0.2) is 0 Å². The molecule has 0 bridgehead atoms. The lowest BCUT2D eigenvalue weighted by molar-refractivity contribution is 0.209. The zero-order chi connectivity index (χ0) is 13.0. The third kappa shape index (κ3) is 3.37. The Morgan fingerprint density at radius 2 is 2.00 bits per heavy atom. The fourth-order valence-electron chi connectivity index (χ4n) is 2.27. The lowest BCUT2D eigenvalue weighted by atomic mass is 10.1. The maximum absolute atomic E-state index is 10.6. The van der Waals surface area contributed by atoms with E-state index in [0.717, 1.165) is 25.2 Å². The fraction of sp³-hybridized carbons (Fsp3) is 0.462. The maximum Gasteiger partial charge on any atom is 0.409 e. The standard InChI is InChI=1S/C13H18N2O3/c16-12-5-4-10(8-11(12)14-13(17)18)9-15-6-2-1-3-7-15/h4-5,8,14,16H,1-3,6-7,9H2,(H,17,18). The third-order valence-corrected chi connectivity index (χ3v) is 3.16. The number of phenols is 1. The van der Waals surface area contributed by atoms with Gasteiger partial charge in [-0.1, -0.05) is 12.5 Å². The van der Waals surface area contributed by atoms with E-state index in [4.69, 9.17) is 5.11 Å². The van der Waals surface area contributed by atoms with Crippen LogP contribution in [0.2, 0.25) is 0 Å². The van der Waals surface area contributed by atoms with E-state index in [2.05, 4.69) is 10.2 Å². The molecule has 0 unspecified atom stereocenters. The van der Waals surface area contributed by atoms with Gasteiger partial charge in [-0.05, 0) is 43.6 Å². The number of rotatable bonds is 3. The first-order chi connectivity index (χ1) is 8.65. The number of benzene rings is 1. The van der Waals surface area contributed by atoms with Crippen LogP contribution in [0.1, 0.15) is 24.8 Å². The van der Waals surface area contributed by atoms with Crippen molar-refractivity contribution in [1.82, 2.24) is 4.90 Å². The summed E-state index contributed by atoms with van der Waals surface area (Å²) >= 11 is 0. The number of hydrogen-bond acceptors (Lipinski definition) is 3. The second-order valence-corrected chi connectivity index (χ2v) is 4.62. The van der Waals surface area contributed by atoms with Crippen molar-refractivity contribution in [2.24, 2.45) is 0 Å². The number of carbonyl (C=O) groups is 1. The van der Waals surface area contributed by atoms with Gasteiger partial charge in [0, 0.05) is 6.54 Å². The second-order valence-electron chi connectivity index (χ2n) is 4.62. The smallest absolute Gasteiger partial charge is 0.409 e. The van der Waals surface area contributed by atoms with E-state index in [9.17, 15) is 9.90 Å². The number of amides is 1. The minimum atomic E-state index is -1.17. The Hall–Kier alpha value is -1.75. The highest BCUT2D eigenvalue weighted by molar-refractivity contribution is 5.85. The van der Waals surface area contributed by atoms with E-state index in [1.54, 1.807) is 6.07 Å². The zero-order valence-electron chi connectivity index (χ0n) is 10.2. The van der Waals surface area contributed by atoms with Gasteiger partial charge in [0.25, 0.3) is 0 Å². The molecular weight excluding hydrogens is 232 g/mol. The van der Waals surface area contributed by atoms with Crippen molar-refractivity contribution in [3.63, 3.8) is 0 Å². The van der Waals surface area contributed by atoms with Crippen molar-refractivity contribution in [3.8, 4) is 5.75 Å². The van der Waals surface area contributed by atoms with E-state index in [0.29, 0.717) is 0 Å². The quantitative estimate of drug-likeness (QED) is 0.720. The van der Waals surface area contributed by atoms with E-state index < -0.39 is 6.09 Å². The van der Waals surface area contributed by atoms with E-state index in [1.165, 1.54) is 25.3 Å². The molecular formula is C13H18N2O3. The van der Waals surface area contributed by atoms with Gasteiger partial charge in [0.1, 0.15) is 5.75 Å². The zero-order valence-corrected chi connectivity index (χ0v) is 10.2. The summed E-state index contributed by atoms with van der Waals surface area (Å²) in [6.07, 6.45) is 2.56. The van der Waals surface area contributed by atoms with Crippen LogP contribution in [0.3, 0.4) is 0 Å². The first-order valence-corrected chi connectivity index (χ1v) is 6.19. The molecule has 98 valence electrons. The van der Waals surface area contributed by atoms with Crippen molar-refractivity contribution in [1.29, 1.82) is 0 Å². The van der Waals surface area contributed by atoms with Crippen LogP contribution in [-0.2, 0) is 6.54 Å². The van der Waals surface area contributed by atoms with Crippen LogP contribution in [0.25, 0.3) is 0 Å². The van der Waals surface area contributed by atoms with Gasteiger partial charge < -0.3 is 10.2 Å². The van der Waals surface area contributed by atoms with Gasteiger partial charge in [-0.15, -0.1) is 0 Å². The average Bonchev–Trinajstić information content (AvgIpc) is 2.34. The van der Waals surface area contributed by atoms with Crippen LogP contribution in [0.15, 0.2) is 18.2 Å². The Bertz CT molecular complexity index is 428. The van der Waals surface area contributed by atoms with Crippen LogP contribution >= 0.6 is 0 Å². The SMILES string of the molecule is O=C(O)Nc1cc(CN2CCCCC2)ccc1O. The highest BCUT2D eigenvalue weighted by Gasteiger charge is 2.12. The Morgan fingerprint density at radius 3 is 2.67 bits per heavy atom. The maximum atomic E-state index is 10.6. The van der Waals surface area contributed by atoms with Crippen molar-refractivity contribution in [2.45, 2.75) is 25.8 Å². The van der Waals surface area contributed by atoms with Crippen LogP contribution in [0.5, 0.6) is 5.75 Å². The van der Waals surface area contributed by atoms with Gasteiger partial charge in [0.05, 0.1) is 5.69 Å². The lowest BCUT2D eigenvalue weighted by Crippen LogP contribution is -2.29. The van der Waals surface area contributed by atoms with Crippen LogP contribution in [-0.4, -0.2) is 34.3 Å². The minimum absolute atomic E-state index is 0.0419. The summed E-state index contributed by atoms with van der Waals surface area (Å²) < 4.78 is 0. The number of likely N-dealkylation sites (tertiary alicyclic amines) is 1. The van der Waals surface area contributed by atoms with Crippen molar-refractivity contribution < 1.29 is 15.0 Å². The number of nitrogens with one attached hydrogen (secondary N) is 1. The molecule has 1 fully saturated rings. The number of nitrogens with zero attached hydrogens (tertiary/aromatic N) is 1. The molecule has 0 spiro atoms. The average molecular weight is 250 g/mol. The Morgan fingerprint density at radius 1 is 1.28 bits per heavy atom. The van der Waals surface area contributed by atoms with Crippen LogP contribution < -0.4 is 5.32 Å². The molecule has 0 aromatic heterocycles. The summed E-state index contributed by atoms with van der Waals surface area (Å²) in [6, 6.07) is 5.06. The number of aromatic hydroxyl groups is 1. The molecule has 1 saturated heterocycles. The summed E-state index contributed by atoms with van der Waals surface area (Å²) in [4.78, 5) is 12.9. The normalized spacial score (nSPS) is 16.4. The van der Waals surface area contributed by atoms with Crippen molar-refractivity contribution in [2.75, 3.05) is 18.4 Å². The van der Waals surface area contributed by atoms with Gasteiger partial charge in [-0.2, -0.15) is 0 Å². The van der Waals surface area contributed by atoms with Gasteiger partial charge in [0.2, 0.25) is 0 Å². The Labute approximate surface area is 106 Å². The molecule has 3 N–H and O–H groups in total. The lowest BCUT2D eigenvalue weighted by Gasteiger charge is -2.26. The van der Waals surface area contributed by atoms with Gasteiger partial charge >= 0.3 is 6.09 Å². The molecule has 1 aliphatic heterocycles. The molecule has 0 saturated carbocycles. The molecule has 5 nitrogen and oxygen atoms in total. The highest BCUT2D eigenvalue weighted by atomic mass is 16.4. The predicted octanol–water partition coefficient (Wildman–Crippen LogP) is 2.47.